The second-order valence-electron chi connectivity index (χ2n) is 9.00. The van der Waals surface area contributed by atoms with Crippen LogP contribution < -0.4 is 9.62 Å². The fraction of sp³-hybridized carbons (Fsp3) is 0.417. The number of anilines is 1. The van der Waals surface area contributed by atoms with E-state index >= 15 is 0 Å². The molecule has 0 aliphatic carbocycles. The van der Waals surface area contributed by atoms with Crippen molar-refractivity contribution in [2.45, 2.75) is 52.2 Å². The molecule has 1 N–H and O–H groups in total. The summed E-state index contributed by atoms with van der Waals surface area (Å²) in [7, 11) is -3.86. The Morgan fingerprint density at radius 2 is 1.56 bits per heavy atom. The van der Waals surface area contributed by atoms with Crippen molar-refractivity contribution in [2.75, 3.05) is 17.1 Å². The highest BCUT2D eigenvalue weighted by atomic mass is 35.5. The summed E-state index contributed by atoms with van der Waals surface area (Å²) in [5, 5.41) is 3.54. The summed E-state index contributed by atoms with van der Waals surface area (Å²) in [5.41, 5.74) is 0.313. The van der Waals surface area contributed by atoms with E-state index in [1.165, 1.54) is 11.0 Å². The molecule has 2 aromatic carbocycles. The van der Waals surface area contributed by atoms with Gasteiger partial charge in [-0.15, -0.1) is 0 Å². The minimum Gasteiger partial charge on any atom is -0.350 e. The van der Waals surface area contributed by atoms with Gasteiger partial charge in [-0.25, -0.2) is 8.42 Å². The normalized spacial score (nSPS) is 12.7. The lowest BCUT2D eigenvalue weighted by atomic mass is 10.1. The Bertz CT molecular complexity index is 1130. The summed E-state index contributed by atoms with van der Waals surface area (Å²) in [4.78, 5) is 28.1. The maximum Gasteiger partial charge on any atom is 0.244 e. The molecule has 0 saturated heterocycles. The van der Waals surface area contributed by atoms with Gasteiger partial charge in [-0.3, -0.25) is 13.9 Å². The van der Waals surface area contributed by atoms with Gasteiger partial charge >= 0.3 is 0 Å². The number of amides is 2. The van der Waals surface area contributed by atoms with Crippen LogP contribution in [-0.2, 0) is 26.2 Å². The third kappa shape index (κ3) is 7.61. The molecule has 7 nitrogen and oxygen atoms in total. The smallest absolute Gasteiger partial charge is 0.244 e. The minimum atomic E-state index is -3.86. The van der Waals surface area contributed by atoms with Crippen molar-refractivity contribution in [1.29, 1.82) is 0 Å². The number of para-hydroxylation sites is 1. The Labute approximate surface area is 212 Å². The third-order valence-corrected chi connectivity index (χ3v) is 6.80. The molecule has 10 heteroatoms. The zero-order valence-corrected chi connectivity index (χ0v) is 22.3. The average Bonchev–Trinajstić information content (AvgIpc) is 2.71. The van der Waals surface area contributed by atoms with Crippen molar-refractivity contribution in [1.82, 2.24) is 10.2 Å². The van der Waals surface area contributed by atoms with Gasteiger partial charge in [0.15, 0.2) is 0 Å². The number of hydrogen-bond acceptors (Lipinski definition) is 4. The quantitative estimate of drug-likeness (QED) is 0.520. The fourth-order valence-electron chi connectivity index (χ4n) is 3.43. The molecule has 0 bridgehead atoms. The molecule has 0 radical (unpaired) electrons. The SMILES string of the molecule is CC[C@H](C(=O)NC(C)(C)C)N(Cc1ccccc1Cl)C(=O)CN(c1ccccc1Cl)S(C)(=O)=O. The molecule has 0 heterocycles. The molecule has 2 rings (SSSR count). The number of rotatable bonds is 9. The van der Waals surface area contributed by atoms with E-state index in [9.17, 15) is 18.0 Å². The van der Waals surface area contributed by atoms with Crippen LogP contribution in [0.3, 0.4) is 0 Å². The molecular formula is C24H31Cl2N3O4S. The molecule has 0 aliphatic heterocycles. The Morgan fingerprint density at radius 3 is 2.06 bits per heavy atom. The third-order valence-electron chi connectivity index (χ3n) is 4.98. The number of nitrogens with zero attached hydrogens (tertiary/aromatic N) is 2. The summed E-state index contributed by atoms with van der Waals surface area (Å²) in [5.74, 6) is -0.889. The van der Waals surface area contributed by atoms with Crippen molar-refractivity contribution in [3.63, 3.8) is 0 Å². The Hall–Kier alpha value is -2.29. The molecule has 0 spiro atoms. The highest BCUT2D eigenvalue weighted by molar-refractivity contribution is 7.92. The van der Waals surface area contributed by atoms with Gasteiger partial charge in [-0.1, -0.05) is 60.5 Å². The van der Waals surface area contributed by atoms with Crippen LogP contribution in [0, 0.1) is 0 Å². The Balaban J connectivity index is 2.49. The first kappa shape index (κ1) is 28.0. The zero-order valence-electron chi connectivity index (χ0n) is 20.0. The molecule has 34 heavy (non-hydrogen) atoms. The van der Waals surface area contributed by atoms with Gasteiger partial charge in [0, 0.05) is 17.1 Å². The number of carbonyl (C=O) groups is 2. The maximum absolute atomic E-state index is 13.6. The van der Waals surface area contributed by atoms with Crippen LogP contribution in [0.25, 0.3) is 0 Å². The van der Waals surface area contributed by atoms with E-state index in [-0.39, 0.29) is 23.2 Å². The first-order valence-corrected chi connectivity index (χ1v) is 13.4. The lowest BCUT2D eigenvalue weighted by molar-refractivity contribution is -0.141. The lowest BCUT2D eigenvalue weighted by Crippen LogP contribution is -2.55. The first-order chi connectivity index (χ1) is 15.7. The van der Waals surface area contributed by atoms with Gasteiger partial charge in [0.2, 0.25) is 21.8 Å². The average molecular weight is 529 g/mol. The van der Waals surface area contributed by atoms with Crippen LogP contribution in [0.15, 0.2) is 48.5 Å². The summed E-state index contributed by atoms with van der Waals surface area (Å²) < 4.78 is 26.2. The monoisotopic (exact) mass is 527 g/mol. The van der Waals surface area contributed by atoms with Gasteiger partial charge in [0.25, 0.3) is 0 Å². The van der Waals surface area contributed by atoms with E-state index in [4.69, 9.17) is 23.2 Å². The van der Waals surface area contributed by atoms with Crippen LogP contribution in [0.4, 0.5) is 5.69 Å². The van der Waals surface area contributed by atoms with Gasteiger partial charge < -0.3 is 10.2 Å². The predicted octanol–water partition coefficient (Wildman–Crippen LogP) is 4.48. The van der Waals surface area contributed by atoms with Crippen LogP contribution in [0.1, 0.15) is 39.7 Å². The van der Waals surface area contributed by atoms with Gasteiger partial charge in [-0.2, -0.15) is 0 Å². The molecule has 0 aliphatic rings. The van der Waals surface area contributed by atoms with Crippen LogP contribution in [-0.4, -0.2) is 49.5 Å². The predicted molar refractivity (Wildman–Crippen MR) is 138 cm³/mol. The van der Waals surface area contributed by atoms with Crippen LogP contribution in [0.5, 0.6) is 0 Å². The molecule has 2 aromatic rings. The number of carbonyl (C=O) groups excluding carboxylic acids is 2. The standard InChI is InChI=1S/C24H31Cl2N3O4S/c1-6-20(23(31)27-24(2,3)4)28(15-17-11-7-8-12-18(17)25)22(30)16-29(34(5,32)33)21-14-10-9-13-19(21)26/h7-14,20H,6,15-16H2,1-5H3,(H,27,31)/t20-/m1/s1. The van der Waals surface area contributed by atoms with E-state index < -0.39 is 34.1 Å². The van der Waals surface area contributed by atoms with E-state index in [1.807, 2.05) is 20.8 Å². The fourth-order valence-corrected chi connectivity index (χ4v) is 4.78. The molecule has 0 aromatic heterocycles. The van der Waals surface area contributed by atoms with Gasteiger partial charge in [-0.05, 0) is 51.0 Å². The first-order valence-electron chi connectivity index (χ1n) is 10.8. The van der Waals surface area contributed by atoms with Crippen LogP contribution in [0.2, 0.25) is 10.0 Å². The summed E-state index contributed by atoms with van der Waals surface area (Å²) in [6.07, 6.45) is 1.33. The number of sulfonamides is 1. The molecule has 186 valence electrons. The minimum absolute atomic E-state index is 0.0364. The molecule has 1 atom stereocenters. The Kier molecular flexibility index (Phi) is 9.39. The van der Waals surface area contributed by atoms with E-state index in [1.54, 1.807) is 49.4 Å². The number of nitrogens with one attached hydrogen (secondary N) is 1. The highest BCUT2D eigenvalue weighted by Crippen LogP contribution is 2.28. The van der Waals surface area contributed by atoms with Gasteiger partial charge in [0.05, 0.1) is 17.0 Å². The lowest BCUT2D eigenvalue weighted by Gasteiger charge is -2.34. The van der Waals surface area contributed by atoms with E-state index in [0.717, 1.165) is 10.6 Å². The summed E-state index contributed by atoms with van der Waals surface area (Å²) >= 11 is 12.6. The Morgan fingerprint density at radius 1 is 1.00 bits per heavy atom. The summed E-state index contributed by atoms with van der Waals surface area (Å²) in [6, 6.07) is 12.6. The number of benzene rings is 2. The topological polar surface area (TPSA) is 86.8 Å². The molecule has 0 saturated carbocycles. The molecule has 2 amide bonds. The maximum atomic E-state index is 13.6. The van der Waals surface area contributed by atoms with E-state index in [0.29, 0.717) is 17.0 Å². The van der Waals surface area contributed by atoms with E-state index in [2.05, 4.69) is 5.32 Å². The molecule has 0 unspecified atom stereocenters. The van der Waals surface area contributed by atoms with Crippen LogP contribution >= 0.6 is 23.2 Å². The molecular weight excluding hydrogens is 497 g/mol. The van der Waals surface area contributed by atoms with Crippen molar-refractivity contribution in [3.05, 3.63) is 64.1 Å². The zero-order chi connectivity index (χ0) is 25.7. The largest absolute Gasteiger partial charge is 0.350 e. The van der Waals surface area contributed by atoms with Gasteiger partial charge in [0.1, 0.15) is 12.6 Å². The molecule has 0 fully saturated rings. The highest BCUT2D eigenvalue weighted by Gasteiger charge is 2.33. The number of halogens is 2. The number of hydrogen-bond donors (Lipinski definition) is 1. The van der Waals surface area contributed by atoms with Crippen molar-refractivity contribution < 1.29 is 18.0 Å². The second-order valence-corrected chi connectivity index (χ2v) is 11.7. The summed E-state index contributed by atoms with van der Waals surface area (Å²) in [6.45, 7) is 6.85. The second kappa shape index (κ2) is 11.4. The van der Waals surface area contributed by atoms with Crippen molar-refractivity contribution in [2.24, 2.45) is 0 Å². The van der Waals surface area contributed by atoms with Crippen molar-refractivity contribution in [3.8, 4) is 0 Å². The van der Waals surface area contributed by atoms with Crippen molar-refractivity contribution >= 4 is 50.7 Å².